The van der Waals surface area contributed by atoms with E-state index in [2.05, 4.69) is 15.7 Å². The topological polar surface area (TPSA) is 59.0 Å². The number of aryl methyl sites for hydroxylation is 1. The molecule has 5 nitrogen and oxygen atoms in total. The lowest BCUT2D eigenvalue weighted by molar-refractivity contribution is 0.232. The first-order valence-corrected chi connectivity index (χ1v) is 6.75. The molecule has 1 saturated carbocycles. The van der Waals surface area contributed by atoms with Gasteiger partial charge in [0.15, 0.2) is 0 Å². The second-order valence-corrected chi connectivity index (χ2v) is 5.13. The average Bonchev–Trinajstić information content (AvgIpc) is 2.68. The number of carbonyl (C=O) groups excluding carboxylic acids is 1. The zero-order valence-corrected chi connectivity index (χ0v) is 11.3. The number of hydrogen-bond acceptors (Lipinski definition) is 2. The van der Waals surface area contributed by atoms with Crippen molar-refractivity contribution in [3.8, 4) is 0 Å². The summed E-state index contributed by atoms with van der Waals surface area (Å²) in [6, 6.07) is 0.194. The Labute approximate surface area is 112 Å². The molecule has 0 spiro atoms. The maximum atomic E-state index is 11.7. The molecule has 1 aliphatic rings. The van der Waals surface area contributed by atoms with E-state index >= 15 is 0 Å². The van der Waals surface area contributed by atoms with Crippen LogP contribution in [0.2, 0.25) is 5.02 Å². The van der Waals surface area contributed by atoms with Crippen LogP contribution in [0, 0.1) is 0 Å². The second-order valence-electron chi connectivity index (χ2n) is 4.72. The number of rotatable bonds is 3. The fourth-order valence-electron chi connectivity index (χ4n) is 2.28. The summed E-state index contributed by atoms with van der Waals surface area (Å²) in [5.74, 6) is 0. The molecule has 18 heavy (non-hydrogen) atoms. The van der Waals surface area contributed by atoms with Crippen molar-refractivity contribution in [2.75, 3.05) is 0 Å². The fraction of sp³-hybridized carbons (Fsp3) is 0.667. The van der Waals surface area contributed by atoms with Crippen LogP contribution >= 0.6 is 11.6 Å². The maximum absolute atomic E-state index is 11.7. The summed E-state index contributed by atoms with van der Waals surface area (Å²) >= 11 is 5.97. The van der Waals surface area contributed by atoms with Gasteiger partial charge in [-0.15, -0.1) is 0 Å². The van der Waals surface area contributed by atoms with Crippen LogP contribution in [-0.4, -0.2) is 21.9 Å². The molecule has 2 amide bonds. The predicted molar refractivity (Wildman–Crippen MR) is 70.5 cm³/mol. The van der Waals surface area contributed by atoms with Crippen LogP contribution in [0.5, 0.6) is 0 Å². The minimum atomic E-state index is -0.126. The van der Waals surface area contributed by atoms with E-state index in [0.29, 0.717) is 17.6 Å². The van der Waals surface area contributed by atoms with Crippen molar-refractivity contribution >= 4 is 17.6 Å². The number of hydrogen-bond donors (Lipinski definition) is 2. The molecule has 1 aromatic heterocycles. The Morgan fingerprint density at radius 1 is 1.50 bits per heavy atom. The van der Waals surface area contributed by atoms with Crippen LogP contribution in [0.25, 0.3) is 0 Å². The average molecular weight is 271 g/mol. The molecule has 6 heteroatoms. The fourth-order valence-corrected chi connectivity index (χ4v) is 2.52. The Bertz CT molecular complexity index is 393. The molecular weight excluding hydrogens is 252 g/mol. The molecule has 2 N–H and O–H groups in total. The molecule has 2 rings (SSSR count). The highest BCUT2D eigenvalue weighted by atomic mass is 35.5. The van der Waals surface area contributed by atoms with E-state index in [9.17, 15) is 4.79 Å². The van der Waals surface area contributed by atoms with Gasteiger partial charge in [-0.05, 0) is 12.8 Å². The van der Waals surface area contributed by atoms with E-state index < -0.39 is 0 Å². The van der Waals surface area contributed by atoms with Crippen molar-refractivity contribution in [2.45, 2.75) is 44.7 Å². The van der Waals surface area contributed by atoms with Gasteiger partial charge in [0, 0.05) is 13.1 Å². The van der Waals surface area contributed by atoms with E-state index in [0.717, 1.165) is 18.5 Å². The van der Waals surface area contributed by atoms with Gasteiger partial charge in [0.2, 0.25) is 0 Å². The lowest BCUT2D eigenvalue weighted by Gasteiger charge is -2.22. The van der Waals surface area contributed by atoms with Gasteiger partial charge in [0.25, 0.3) is 0 Å². The number of amides is 2. The Hall–Kier alpha value is -1.23. The summed E-state index contributed by atoms with van der Waals surface area (Å²) in [5, 5.41) is 10.4. The molecule has 0 atom stereocenters. The van der Waals surface area contributed by atoms with Crippen molar-refractivity contribution in [2.24, 2.45) is 7.05 Å². The van der Waals surface area contributed by atoms with Gasteiger partial charge < -0.3 is 10.6 Å². The van der Waals surface area contributed by atoms with Gasteiger partial charge in [-0.2, -0.15) is 5.10 Å². The molecule has 0 aliphatic heterocycles. The van der Waals surface area contributed by atoms with E-state index in [1.807, 2.05) is 7.05 Å². The Morgan fingerprint density at radius 3 is 2.83 bits per heavy atom. The van der Waals surface area contributed by atoms with Crippen LogP contribution in [-0.2, 0) is 13.6 Å². The normalized spacial score (nSPS) is 16.6. The molecule has 0 radical (unpaired) electrons. The summed E-state index contributed by atoms with van der Waals surface area (Å²) < 4.78 is 1.67. The minimum absolute atomic E-state index is 0.126. The van der Waals surface area contributed by atoms with Gasteiger partial charge in [-0.1, -0.05) is 30.9 Å². The first kappa shape index (κ1) is 13.2. The largest absolute Gasteiger partial charge is 0.335 e. The predicted octanol–water partition coefficient (Wildman–Crippen LogP) is 2.21. The molecule has 1 fully saturated rings. The summed E-state index contributed by atoms with van der Waals surface area (Å²) in [5.41, 5.74) is 0.815. The summed E-state index contributed by atoms with van der Waals surface area (Å²) in [6.45, 7) is 0.397. The highest BCUT2D eigenvalue weighted by molar-refractivity contribution is 6.31. The number of halogens is 1. The summed E-state index contributed by atoms with van der Waals surface area (Å²) in [6.07, 6.45) is 7.44. The van der Waals surface area contributed by atoms with Crippen LogP contribution in [0.3, 0.4) is 0 Å². The quantitative estimate of drug-likeness (QED) is 0.885. The summed E-state index contributed by atoms with van der Waals surface area (Å²) in [4.78, 5) is 11.7. The number of nitrogens with one attached hydrogen (secondary N) is 2. The molecule has 0 aromatic carbocycles. The highest BCUT2D eigenvalue weighted by Crippen LogP contribution is 2.17. The van der Waals surface area contributed by atoms with E-state index in [4.69, 9.17) is 11.6 Å². The van der Waals surface area contributed by atoms with Crippen LogP contribution in [0.4, 0.5) is 4.79 Å². The monoisotopic (exact) mass is 270 g/mol. The standard InChI is InChI=1S/C12H19ClN4O/c1-17-11(10(13)7-15-17)8-14-12(18)16-9-5-3-2-4-6-9/h7,9H,2-6,8H2,1H3,(H2,14,16,18). The number of aromatic nitrogens is 2. The highest BCUT2D eigenvalue weighted by Gasteiger charge is 2.15. The first-order chi connectivity index (χ1) is 8.66. The number of urea groups is 1. The third-order valence-electron chi connectivity index (χ3n) is 3.37. The van der Waals surface area contributed by atoms with Gasteiger partial charge in [0.05, 0.1) is 23.5 Å². The SMILES string of the molecule is Cn1ncc(Cl)c1CNC(=O)NC1CCCCC1. The Kier molecular flexibility index (Phi) is 4.47. The molecule has 1 aliphatic carbocycles. The molecule has 1 aromatic rings. The number of carbonyl (C=O) groups is 1. The van der Waals surface area contributed by atoms with Crippen molar-refractivity contribution in [3.63, 3.8) is 0 Å². The van der Waals surface area contributed by atoms with E-state index in [-0.39, 0.29) is 6.03 Å². The van der Waals surface area contributed by atoms with Crippen molar-refractivity contribution in [1.82, 2.24) is 20.4 Å². The molecule has 1 heterocycles. The second kappa shape index (κ2) is 6.09. The third kappa shape index (κ3) is 3.38. The minimum Gasteiger partial charge on any atom is -0.335 e. The van der Waals surface area contributed by atoms with Gasteiger partial charge in [0.1, 0.15) is 0 Å². The van der Waals surface area contributed by atoms with Crippen molar-refractivity contribution in [1.29, 1.82) is 0 Å². The zero-order valence-electron chi connectivity index (χ0n) is 10.6. The van der Waals surface area contributed by atoms with E-state index in [1.54, 1.807) is 10.9 Å². The molecule has 0 bridgehead atoms. The van der Waals surface area contributed by atoms with Gasteiger partial charge in [-0.3, -0.25) is 4.68 Å². The smallest absolute Gasteiger partial charge is 0.315 e. The van der Waals surface area contributed by atoms with Crippen LogP contribution in [0.15, 0.2) is 6.20 Å². The zero-order chi connectivity index (χ0) is 13.0. The van der Waals surface area contributed by atoms with Gasteiger partial charge >= 0.3 is 6.03 Å². The lowest BCUT2D eigenvalue weighted by Crippen LogP contribution is -2.42. The molecule has 100 valence electrons. The first-order valence-electron chi connectivity index (χ1n) is 6.37. The van der Waals surface area contributed by atoms with Crippen LogP contribution in [0.1, 0.15) is 37.8 Å². The Balaban J connectivity index is 1.77. The third-order valence-corrected chi connectivity index (χ3v) is 3.68. The number of nitrogens with zero attached hydrogens (tertiary/aromatic N) is 2. The van der Waals surface area contributed by atoms with Crippen molar-refractivity contribution < 1.29 is 4.79 Å². The summed E-state index contributed by atoms with van der Waals surface area (Å²) in [7, 11) is 1.81. The molecular formula is C12H19ClN4O. The molecule has 0 saturated heterocycles. The van der Waals surface area contributed by atoms with Crippen molar-refractivity contribution in [3.05, 3.63) is 16.9 Å². The maximum Gasteiger partial charge on any atom is 0.315 e. The van der Waals surface area contributed by atoms with E-state index in [1.165, 1.54) is 19.3 Å². The Morgan fingerprint density at radius 2 is 2.22 bits per heavy atom. The lowest BCUT2D eigenvalue weighted by atomic mass is 9.96. The van der Waals surface area contributed by atoms with Gasteiger partial charge in [-0.25, -0.2) is 4.79 Å². The molecule has 0 unspecified atom stereocenters. The van der Waals surface area contributed by atoms with Crippen LogP contribution < -0.4 is 10.6 Å².